The van der Waals surface area contributed by atoms with Gasteiger partial charge in [0.05, 0.1) is 30.6 Å². The average molecular weight is 466 g/mol. The van der Waals surface area contributed by atoms with E-state index in [0.29, 0.717) is 25.4 Å². The number of benzene rings is 2. The van der Waals surface area contributed by atoms with E-state index in [2.05, 4.69) is 10.1 Å². The molecular formula is C18H19ClF3N3O4S. The number of ether oxygens (including phenoxy) is 2. The topological polar surface area (TPSA) is 71.1 Å². The van der Waals surface area contributed by atoms with Gasteiger partial charge in [-0.05, 0) is 24.3 Å². The summed E-state index contributed by atoms with van der Waals surface area (Å²) in [6.45, 7) is 1.63. The maximum atomic E-state index is 13.4. The van der Waals surface area contributed by atoms with Crippen molar-refractivity contribution in [3.8, 4) is 5.75 Å². The highest BCUT2D eigenvalue weighted by atomic mass is 35.5. The van der Waals surface area contributed by atoms with Crippen molar-refractivity contribution in [2.45, 2.75) is 12.5 Å². The van der Waals surface area contributed by atoms with Crippen LogP contribution in [-0.2, 0) is 14.9 Å². The summed E-state index contributed by atoms with van der Waals surface area (Å²) in [5, 5.41) is 3.13. The largest absolute Gasteiger partial charge is 0.573 e. The number of nitrogens with zero attached hydrogens (tertiary/aromatic N) is 2. The monoisotopic (exact) mass is 465 g/mol. The first kappa shape index (κ1) is 22.5. The first-order valence-electron chi connectivity index (χ1n) is 8.86. The Kier molecular flexibility index (Phi) is 6.37. The minimum Gasteiger partial charge on any atom is -0.404 e. The molecule has 0 radical (unpaired) electrons. The second kappa shape index (κ2) is 8.50. The Hall–Kier alpha value is -2.21. The van der Waals surface area contributed by atoms with E-state index >= 15 is 0 Å². The molecule has 1 N–H and O–H groups in total. The fourth-order valence-corrected chi connectivity index (χ4v) is 5.16. The summed E-state index contributed by atoms with van der Waals surface area (Å²) in [4.78, 5) is 0. The second-order valence-corrected chi connectivity index (χ2v) is 8.21. The minimum atomic E-state index is -4.96. The van der Waals surface area contributed by atoms with Crippen LogP contribution in [0.25, 0.3) is 0 Å². The maximum Gasteiger partial charge on any atom is 0.573 e. The van der Waals surface area contributed by atoms with E-state index in [9.17, 15) is 21.6 Å². The Balaban J connectivity index is 0.00000256. The van der Waals surface area contributed by atoms with E-state index in [1.807, 2.05) is 0 Å². The molecule has 1 saturated heterocycles. The third-order valence-electron chi connectivity index (χ3n) is 4.56. The van der Waals surface area contributed by atoms with E-state index in [1.54, 1.807) is 18.2 Å². The van der Waals surface area contributed by atoms with Gasteiger partial charge >= 0.3 is 16.6 Å². The van der Waals surface area contributed by atoms with Crippen LogP contribution in [-0.4, -0.2) is 47.1 Å². The van der Waals surface area contributed by atoms with Crippen molar-refractivity contribution in [3.05, 3.63) is 48.5 Å². The van der Waals surface area contributed by atoms with Crippen molar-refractivity contribution >= 4 is 39.7 Å². The van der Waals surface area contributed by atoms with Crippen molar-refractivity contribution in [1.82, 2.24) is 5.32 Å². The number of fused-ring (bicyclic) bond motifs is 1. The summed E-state index contributed by atoms with van der Waals surface area (Å²) in [7, 11) is -4.21. The fourth-order valence-electron chi connectivity index (χ4n) is 3.40. The van der Waals surface area contributed by atoms with Gasteiger partial charge in [0.15, 0.2) is 5.75 Å². The normalized spacial score (nSPS) is 20.4. The number of alkyl halides is 3. The molecule has 0 aromatic heterocycles. The first-order valence-corrected chi connectivity index (χ1v) is 10.3. The molecule has 2 aliphatic heterocycles. The summed E-state index contributed by atoms with van der Waals surface area (Å²) in [5.41, 5.74) is 0.389. The molecule has 0 aliphatic carbocycles. The number of anilines is 3. The molecule has 164 valence electrons. The van der Waals surface area contributed by atoms with Crippen LogP contribution in [0, 0.1) is 0 Å². The number of morpholine rings is 1. The van der Waals surface area contributed by atoms with Crippen LogP contribution in [0.1, 0.15) is 0 Å². The standard InChI is InChI=1S/C18H18F3N3O4S.ClH/c19-18(20,21)28-17-8-4-3-7-16(17)24-15-6-2-1-5-14(15)23(29(24,25)26)12-13-11-22-9-10-27-13;/h1-8,13,22H,9-12H2;1H. The Labute approximate surface area is 178 Å². The summed E-state index contributed by atoms with van der Waals surface area (Å²) >= 11 is 0. The molecule has 2 aromatic carbocycles. The average Bonchev–Trinajstić information content (AvgIpc) is 2.89. The van der Waals surface area contributed by atoms with Gasteiger partial charge in [-0.25, -0.2) is 8.61 Å². The number of rotatable bonds is 4. The molecule has 2 aliphatic rings. The molecule has 2 heterocycles. The Morgan fingerprint density at radius 2 is 1.70 bits per heavy atom. The zero-order chi connectivity index (χ0) is 20.6. The molecular weight excluding hydrogens is 447 g/mol. The molecule has 1 atom stereocenters. The van der Waals surface area contributed by atoms with E-state index in [4.69, 9.17) is 4.74 Å². The highest BCUT2D eigenvalue weighted by Gasteiger charge is 2.44. The van der Waals surface area contributed by atoms with E-state index < -0.39 is 22.3 Å². The SMILES string of the molecule is Cl.O=S1(=O)N(CC2CNCCO2)c2ccccc2N1c1ccccc1OC(F)(F)F. The smallest absolute Gasteiger partial charge is 0.404 e. The molecule has 0 amide bonds. The van der Waals surface area contributed by atoms with Gasteiger partial charge in [0.2, 0.25) is 0 Å². The maximum absolute atomic E-state index is 13.4. The van der Waals surface area contributed by atoms with Gasteiger partial charge < -0.3 is 14.8 Å². The highest BCUT2D eigenvalue weighted by Crippen LogP contribution is 2.48. The summed E-state index contributed by atoms with van der Waals surface area (Å²) < 4.78 is 77.1. The van der Waals surface area contributed by atoms with Crippen molar-refractivity contribution in [2.75, 3.05) is 34.9 Å². The van der Waals surface area contributed by atoms with Crippen LogP contribution in [0.5, 0.6) is 5.75 Å². The molecule has 7 nitrogen and oxygen atoms in total. The van der Waals surface area contributed by atoms with Gasteiger partial charge in [0.1, 0.15) is 5.69 Å². The quantitative estimate of drug-likeness (QED) is 0.751. The zero-order valence-corrected chi connectivity index (χ0v) is 17.1. The molecule has 4 rings (SSSR count). The zero-order valence-electron chi connectivity index (χ0n) is 15.5. The van der Waals surface area contributed by atoms with Crippen LogP contribution in [0.15, 0.2) is 48.5 Å². The van der Waals surface area contributed by atoms with Crippen LogP contribution in [0.4, 0.5) is 30.2 Å². The Morgan fingerprint density at radius 3 is 2.33 bits per heavy atom. The predicted octanol–water partition coefficient (Wildman–Crippen LogP) is 3.20. The third kappa shape index (κ3) is 4.29. The van der Waals surface area contributed by atoms with Crippen molar-refractivity contribution in [3.63, 3.8) is 0 Å². The van der Waals surface area contributed by atoms with Gasteiger partial charge in [0, 0.05) is 13.1 Å². The Bertz CT molecular complexity index is 1000. The number of para-hydroxylation sites is 4. The van der Waals surface area contributed by atoms with Crippen LogP contribution in [0.3, 0.4) is 0 Å². The van der Waals surface area contributed by atoms with E-state index in [-0.39, 0.29) is 36.4 Å². The highest BCUT2D eigenvalue weighted by molar-refractivity contribution is 7.95. The molecule has 30 heavy (non-hydrogen) atoms. The summed E-state index contributed by atoms with van der Waals surface area (Å²) in [6, 6.07) is 11.6. The number of hydrogen-bond acceptors (Lipinski definition) is 5. The van der Waals surface area contributed by atoms with Crippen LogP contribution >= 0.6 is 12.4 Å². The lowest BCUT2D eigenvalue weighted by Gasteiger charge is -2.29. The van der Waals surface area contributed by atoms with Crippen LogP contribution < -0.4 is 18.7 Å². The lowest BCUT2D eigenvalue weighted by Crippen LogP contribution is -2.47. The van der Waals surface area contributed by atoms with Gasteiger partial charge in [0.25, 0.3) is 0 Å². The first-order chi connectivity index (χ1) is 13.8. The molecule has 12 heteroatoms. The van der Waals surface area contributed by atoms with E-state index in [1.165, 1.54) is 24.3 Å². The number of nitrogens with one attached hydrogen (secondary N) is 1. The van der Waals surface area contributed by atoms with Crippen molar-refractivity contribution < 1.29 is 31.1 Å². The summed E-state index contributed by atoms with van der Waals surface area (Å²) in [6.07, 6.45) is -5.34. The minimum absolute atomic E-state index is 0. The molecule has 0 bridgehead atoms. The van der Waals surface area contributed by atoms with Gasteiger partial charge in [-0.1, -0.05) is 24.3 Å². The molecule has 1 fully saturated rings. The van der Waals surface area contributed by atoms with Crippen molar-refractivity contribution in [2.24, 2.45) is 0 Å². The number of hydrogen-bond donors (Lipinski definition) is 1. The van der Waals surface area contributed by atoms with Gasteiger partial charge in [-0.2, -0.15) is 8.42 Å². The van der Waals surface area contributed by atoms with E-state index in [0.717, 1.165) is 14.7 Å². The second-order valence-electron chi connectivity index (χ2n) is 6.50. The predicted molar refractivity (Wildman–Crippen MR) is 108 cm³/mol. The van der Waals surface area contributed by atoms with Crippen LogP contribution in [0.2, 0.25) is 0 Å². The Morgan fingerprint density at radius 1 is 1.07 bits per heavy atom. The molecule has 1 unspecified atom stereocenters. The number of halogens is 4. The molecule has 0 saturated carbocycles. The lowest BCUT2D eigenvalue weighted by molar-refractivity contribution is -0.274. The van der Waals surface area contributed by atoms with Gasteiger partial charge in [-0.15, -0.1) is 25.6 Å². The fraction of sp³-hybridized carbons (Fsp3) is 0.333. The summed E-state index contributed by atoms with van der Waals surface area (Å²) in [5.74, 6) is -0.601. The third-order valence-corrected chi connectivity index (χ3v) is 6.32. The lowest BCUT2D eigenvalue weighted by atomic mass is 10.2. The van der Waals surface area contributed by atoms with Gasteiger partial charge in [-0.3, -0.25) is 0 Å². The molecule has 0 spiro atoms. The van der Waals surface area contributed by atoms with Crippen molar-refractivity contribution in [1.29, 1.82) is 0 Å². The molecule has 2 aromatic rings.